The lowest BCUT2D eigenvalue weighted by molar-refractivity contribution is 0.303. The minimum Gasteiger partial charge on any atom is -0.400 e. The highest BCUT2D eigenvalue weighted by Crippen LogP contribution is 2.23. The first-order valence-corrected chi connectivity index (χ1v) is 2.82. The number of aliphatic hydroxyl groups excluding tert-OH is 2. The molecule has 0 unspecified atom stereocenters. The van der Waals surface area contributed by atoms with Crippen molar-refractivity contribution in [1.82, 2.24) is 0 Å². The third-order valence-electron chi connectivity index (χ3n) is 0.179. The topological polar surface area (TPSA) is 40.5 Å². The minimum atomic E-state index is -1.49. The van der Waals surface area contributed by atoms with E-state index >= 15 is 0 Å². The number of rotatable bonds is 0. The fourth-order valence-electron chi connectivity index (χ4n) is 0. The number of hydrogen-bond acceptors (Lipinski definition) is 2. The third kappa shape index (κ3) is 15.8. The molecule has 0 spiro atoms. The Morgan fingerprint density at radius 3 is 1.38 bits per heavy atom. The van der Waals surface area contributed by atoms with Crippen LogP contribution in [0.5, 0.6) is 0 Å². The van der Waals surface area contributed by atoms with Crippen molar-refractivity contribution in [3.05, 3.63) is 0 Å². The van der Waals surface area contributed by atoms with Crippen molar-refractivity contribution in [2.45, 2.75) is 3.79 Å². The molecule has 0 aliphatic rings. The van der Waals surface area contributed by atoms with Gasteiger partial charge in [0.05, 0.1) is 6.61 Å². The van der Waals surface area contributed by atoms with Crippen LogP contribution < -0.4 is 0 Å². The minimum absolute atomic E-state index is 0.433. The molecule has 0 radical (unpaired) electrons. The zero-order chi connectivity index (χ0) is 7.21. The molecule has 5 heteroatoms. The predicted molar refractivity (Wildman–Crippen MR) is 35.5 cm³/mol. The van der Waals surface area contributed by atoms with Crippen molar-refractivity contribution in [3.8, 4) is 0 Å². The molecule has 0 saturated heterocycles. The molecule has 0 aliphatic heterocycles. The van der Waals surface area contributed by atoms with Gasteiger partial charge in [0.2, 0.25) is 3.79 Å². The van der Waals surface area contributed by atoms with E-state index in [2.05, 4.69) is 0 Å². The number of aliphatic hydroxyl groups is 2. The molecule has 2 nitrogen and oxygen atoms in total. The van der Waals surface area contributed by atoms with Gasteiger partial charge in [0.15, 0.2) is 0 Å². The Balaban J connectivity index is 0. The largest absolute Gasteiger partial charge is 0.400 e. The van der Waals surface area contributed by atoms with Crippen LogP contribution in [0.25, 0.3) is 0 Å². The van der Waals surface area contributed by atoms with Crippen LogP contribution in [0.2, 0.25) is 0 Å². The van der Waals surface area contributed by atoms with Gasteiger partial charge in [-0.15, -0.1) is 0 Å². The summed E-state index contributed by atoms with van der Waals surface area (Å²) in [7, 11) is 1.00. The number of hydrogen-bond donors (Lipinski definition) is 2. The van der Waals surface area contributed by atoms with E-state index in [1.165, 1.54) is 0 Å². The van der Waals surface area contributed by atoms with Crippen molar-refractivity contribution in [1.29, 1.82) is 0 Å². The van der Waals surface area contributed by atoms with Gasteiger partial charge in [-0.2, -0.15) is 0 Å². The fraction of sp³-hybridized carbons (Fsp3) is 1.00. The zero-order valence-electron chi connectivity index (χ0n) is 4.24. The summed E-state index contributed by atoms with van der Waals surface area (Å²) in [5.41, 5.74) is 0. The SMILES string of the molecule is CO.OCC(Cl)(Cl)Cl. The lowest BCUT2D eigenvalue weighted by atomic mass is 10.9. The second-order valence-corrected chi connectivity index (χ2v) is 3.29. The number of alkyl halides is 3. The van der Waals surface area contributed by atoms with E-state index in [1.807, 2.05) is 0 Å². The van der Waals surface area contributed by atoms with Crippen molar-refractivity contribution in [2.24, 2.45) is 0 Å². The Bertz CT molecular complexity index is 42.3. The van der Waals surface area contributed by atoms with E-state index in [4.69, 9.17) is 45.0 Å². The van der Waals surface area contributed by atoms with Crippen LogP contribution in [0, 0.1) is 0 Å². The Morgan fingerprint density at radius 1 is 1.25 bits per heavy atom. The second kappa shape index (κ2) is 5.92. The van der Waals surface area contributed by atoms with Gasteiger partial charge >= 0.3 is 0 Å². The summed E-state index contributed by atoms with van der Waals surface area (Å²) in [5, 5.41) is 15.0. The van der Waals surface area contributed by atoms with Crippen molar-refractivity contribution >= 4 is 34.8 Å². The molecule has 8 heavy (non-hydrogen) atoms. The average Bonchev–Trinajstić information content (AvgIpc) is 1.71. The highest BCUT2D eigenvalue weighted by atomic mass is 35.6. The van der Waals surface area contributed by atoms with Crippen molar-refractivity contribution in [2.75, 3.05) is 13.7 Å². The summed E-state index contributed by atoms with van der Waals surface area (Å²) in [5.74, 6) is 0. The normalized spacial score (nSPS) is 9.75. The summed E-state index contributed by atoms with van der Waals surface area (Å²) in [6, 6.07) is 0. The van der Waals surface area contributed by atoms with Gasteiger partial charge in [0, 0.05) is 7.11 Å². The summed E-state index contributed by atoms with van der Waals surface area (Å²) in [6.45, 7) is -0.433. The average molecular weight is 181 g/mol. The van der Waals surface area contributed by atoms with Crippen LogP contribution in [0.4, 0.5) is 0 Å². The fourth-order valence-corrected chi connectivity index (χ4v) is 0. The lowest BCUT2D eigenvalue weighted by Crippen LogP contribution is -2.06. The maximum Gasteiger partial charge on any atom is 0.213 e. The van der Waals surface area contributed by atoms with Gasteiger partial charge in [-0.25, -0.2) is 0 Å². The van der Waals surface area contributed by atoms with E-state index in [0.29, 0.717) is 0 Å². The molecule has 0 atom stereocenters. The first-order chi connectivity index (χ1) is 3.56. The van der Waals surface area contributed by atoms with Gasteiger partial charge in [-0.3, -0.25) is 0 Å². The molecule has 0 aliphatic carbocycles. The van der Waals surface area contributed by atoms with Gasteiger partial charge in [-0.05, 0) is 0 Å². The van der Waals surface area contributed by atoms with E-state index in [-0.39, 0.29) is 0 Å². The second-order valence-electron chi connectivity index (χ2n) is 0.773. The molecule has 52 valence electrons. The van der Waals surface area contributed by atoms with Gasteiger partial charge in [-0.1, -0.05) is 34.8 Å². The molecule has 2 N–H and O–H groups in total. The van der Waals surface area contributed by atoms with Crippen LogP contribution in [0.15, 0.2) is 0 Å². The van der Waals surface area contributed by atoms with Crippen LogP contribution >= 0.6 is 34.8 Å². The summed E-state index contributed by atoms with van der Waals surface area (Å²) in [6.07, 6.45) is 0. The summed E-state index contributed by atoms with van der Waals surface area (Å²) >= 11 is 15.0. The highest BCUT2D eigenvalue weighted by molar-refractivity contribution is 6.67. The van der Waals surface area contributed by atoms with E-state index in [0.717, 1.165) is 7.11 Å². The molecule has 0 heterocycles. The van der Waals surface area contributed by atoms with E-state index in [1.54, 1.807) is 0 Å². The van der Waals surface area contributed by atoms with E-state index < -0.39 is 10.4 Å². The predicted octanol–water partition coefficient (Wildman–Crippen LogP) is 0.957. The van der Waals surface area contributed by atoms with Crippen molar-refractivity contribution in [3.63, 3.8) is 0 Å². The first-order valence-electron chi connectivity index (χ1n) is 1.68. The van der Waals surface area contributed by atoms with Crippen LogP contribution in [-0.2, 0) is 0 Å². The Morgan fingerprint density at radius 2 is 1.38 bits per heavy atom. The van der Waals surface area contributed by atoms with E-state index in [9.17, 15) is 0 Å². The lowest BCUT2D eigenvalue weighted by Gasteiger charge is -2.01. The number of halogens is 3. The van der Waals surface area contributed by atoms with Crippen LogP contribution in [0.1, 0.15) is 0 Å². The Hall–Kier alpha value is 0.790. The van der Waals surface area contributed by atoms with Gasteiger partial charge in [0.1, 0.15) is 0 Å². The monoisotopic (exact) mass is 180 g/mol. The van der Waals surface area contributed by atoms with Crippen molar-refractivity contribution < 1.29 is 10.2 Å². The summed E-state index contributed by atoms with van der Waals surface area (Å²) in [4.78, 5) is 0. The molecule has 0 fully saturated rings. The smallest absolute Gasteiger partial charge is 0.213 e. The Kier molecular flexibility index (Phi) is 8.56. The molecule has 0 aromatic heterocycles. The molecule has 0 aromatic carbocycles. The third-order valence-corrected chi connectivity index (χ3v) is 0.538. The Labute approximate surface area is 63.0 Å². The molecular formula is C3H7Cl3O2. The molecule has 0 aromatic rings. The zero-order valence-corrected chi connectivity index (χ0v) is 6.50. The van der Waals surface area contributed by atoms with Gasteiger partial charge < -0.3 is 10.2 Å². The quantitative estimate of drug-likeness (QED) is 0.547. The molecule has 0 rings (SSSR count). The first kappa shape index (κ1) is 11.6. The molecule has 0 saturated carbocycles. The van der Waals surface area contributed by atoms with Crippen LogP contribution in [-0.4, -0.2) is 27.7 Å². The summed E-state index contributed by atoms with van der Waals surface area (Å²) < 4.78 is -1.49. The van der Waals surface area contributed by atoms with Crippen LogP contribution in [0.3, 0.4) is 0 Å². The molecule has 0 bridgehead atoms. The maximum atomic E-state index is 8.01. The van der Waals surface area contributed by atoms with Gasteiger partial charge in [0.25, 0.3) is 0 Å². The molecular weight excluding hydrogens is 174 g/mol. The highest BCUT2D eigenvalue weighted by Gasteiger charge is 2.16. The standard InChI is InChI=1S/C2H3Cl3O.CH4O/c3-2(4,5)1-6;1-2/h6H,1H2;2H,1H3. The maximum absolute atomic E-state index is 8.01. The molecule has 0 amide bonds.